The number of sulfonamides is 1. The number of furan rings is 1. The van der Waals surface area contributed by atoms with E-state index >= 15 is 0 Å². The van der Waals surface area contributed by atoms with E-state index in [0.717, 1.165) is 5.76 Å². The highest BCUT2D eigenvalue weighted by molar-refractivity contribution is 7.89. The maximum atomic E-state index is 11.9. The van der Waals surface area contributed by atoms with Crippen LogP contribution in [0, 0.1) is 6.92 Å². The summed E-state index contributed by atoms with van der Waals surface area (Å²) in [4.78, 5) is 11.7. The van der Waals surface area contributed by atoms with Crippen LogP contribution in [0.3, 0.4) is 0 Å². The normalized spacial score (nSPS) is 11.6. The Labute approximate surface area is 133 Å². The van der Waals surface area contributed by atoms with Gasteiger partial charge in [0.25, 0.3) is 0 Å². The minimum absolute atomic E-state index is 0.104. The Morgan fingerprint density at radius 2 is 2.04 bits per heavy atom. The lowest BCUT2D eigenvalue weighted by molar-refractivity contribution is -0.111. The average molecular weight is 336 g/mol. The van der Waals surface area contributed by atoms with Crippen LogP contribution in [0.15, 0.2) is 45.7 Å². The number of methoxy groups -OCH3 is 1. The largest absolute Gasteiger partial charge is 0.495 e. The van der Waals surface area contributed by atoms with E-state index in [1.54, 1.807) is 19.1 Å². The van der Waals surface area contributed by atoms with Gasteiger partial charge in [-0.3, -0.25) is 4.79 Å². The van der Waals surface area contributed by atoms with Crippen LogP contribution in [0.25, 0.3) is 6.08 Å². The van der Waals surface area contributed by atoms with Crippen LogP contribution in [0.5, 0.6) is 5.75 Å². The Bertz CT molecular complexity index is 853. The van der Waals surface area contributed by atoms with Crippen molar-refractivity contribution >= 4 is 27.7 Å². The van der Waals surface area contributed by atoms with Gasteiger partial charge in [-0.15, -0.1) is 0 Å². The first kappa shape index (κ1) is 16.8. The molecule has 7 nitrogen and oxygen atoms in total. The summed E-state index contributed by atoms with van der Waals surface area (Å²) in [6, 6.07) is 7.66. The molecule has 1 aromatic heterocycles. The van der Waals surface area contributed by atoms with E-state index in [1.165, 1.54) is 37.5 Å². The Balaban J connectivity index is 2.16. The summed E-state index contributed by atoms with van der Waals surface area (Å²) >= 11 is 0. The summed E-state index contributed by atoms with van der Waals surface area (Å²) in [5, 5.41) is 7.66. The van der Waals surface area contributed by atoms with Gasteiger partial charge in [-0.1, -0.05) is 0 Å². The first-order chi connectivity index (χ1) is 10.8. The van der Waals surface area contributed by atoms with Crippen molar-refractivity contribution in [3.05, 3.63) is 47.9 Å². The molecule has 23 heavy (non-hydrogen) atoms. The zero-order valence-corrected chi connectivity index (χ0v) is 13.4. The number of hydrogen-bond donors (Lipinski definition) is 2. The number of nitrogens with one attached hydrogen (secondary N) is 1. The summed E-state index contributed by atoms with van der Waals surface area (Å²) in [5.74, 6) is 0.937. The Morgan fingerprint density at radius 3 is 2.61 bits per heavy atom. The Kier molecular flexibility index (Phi) is 4.87. The highest BCUT2D eigenvalue weighted by Crippen LogP contribution is 2.26. The molecular formula is C15H16N2O5S. The lowest BCUT2D eigenvalue weighted by Gasteiger charge is -2.09. The van der Waals surface area contributed by atoms with Crippen molar-refractivity contribution in [2.45, 2.75) is 11.8 Å². The van der Waals surface area contributed by atoms with Crippen LogP contribution >= 0.6 is 0 Å². The van der Waals surface area contributed by atoms with Crippen LogP contribution in [-0.4, -0.2) is 21.4 Å². The quantitative estimate of drug-likeness (QED) is 0.810. The molecule has 3 N–H and O–H groups in total. The summed E-state index contributed by atoms with van der Waals surface area (Å²) in [5.41, 5.74) is 0.278. The van der Waals surface area contributed by atoms with Gasteiger partial charge in [-0.2, -0.15) is 0 Å². The second-order valence-electron chi connectivity index (χ2n) is 4.68. The van der Waals surface area contributed by atoms with Gasteiger partial charge in [0.2, 0.25) is 15.9 Å². The molecule has 1 heterocycles. The summed E-state index contributed by atoms with van der Waals surface area (Å²) in [6.45, 7) is 1.80. The van der Waals surface area contributed by atoms with Crippen molar-refractivity contribution in [1.29, 1.82) is 0 Å². The number of hydrogen-bond acceptors (Lipinski definition) is 5. The van der Waals surface area contributed by atoms with E-state index < -0.39 is 15.9 Å². The van der Waals surface area contributed by atoms with Crippen molar-refractivity contribution in [2.75, 3.05) is 12.4 Å². The molecule has 0 bridgehead atoms. The molecule has 2 aromatic rings. The van der Waals surface area contributed by atoms with Crippen molar-refractivity contribution in [3.8, 4) is 5.75 Å². The molecule has 8 heteroatoms. The van der Waals surface area contributed by atoms with Crippen LogP contribution in [0.4, 0.5) is 5.69 Å². The summed E-state index contributed by atoms with van der Waals surface area (Å²) in [6.07, 6.45) is 2.78. The molecule has 0 aliphatic heterocycles. The molecule has 2 rings (SSSR count). The van der Waals surface area contributed by atoms with Gasteiger partial charge in [0.1, 0.15) is 22.2 Å². The zero-order chi connectivity index (χ0) is 17.0. The third-order valence-corrected chi connectivity index (χ3v) is 3.83. The molecule has 0 spiro atoms. The van der Waals surface area contributed by atoms with Crippen molar-refractivity contribution in [2.24, 2.45) is 5.14 Å². The Hall–Kier alpha value is -2.58. The van der Waals surface area contributed by atoms with Gasteiger partial charge in [0.05, 0.1) is 7.11 Å². The number of ether oxygens (including phenoxy) is 1. The van der Waals surface area contributed by atoms with Crippen molar-refractivity contribution in [3.63, 3.8) is 0 Å². The maximum absolute atomic E-state index is 11.9. The number of primary sulfonamides is 1. The molecule has 0 atom stereocenters. The van der Waals surface area contributed by atoms with Gasteiger partial charge < -0.3 is 14.5 Å². The predicted octanol–water partition coefficient (Wildman–Crippen LogP) is 1.90. The zero-order valence-electron chi connectivity index (χ0n) is 12.6. The fourth-order valence-electron chi connectivity index (χ4n) is 1.86. The van der Waals surface area contributed by atoms with Crippen molar-refractivity contribution in [1.82, 2.24) is 0 Å². The number of benzene rings is 1. The smallest absolute Gasteiger partial charge is 0.248 e. The molecule has 0 aliphatic carbocycles. The fraction of sp³-hybridized carbons (Fsp3) is 0.133. The van der Waals surface area contributed by atoms with E-state index in [4.69, 9.17) is 14.3 Å². The number of carbonyl (C=O) groups is 1. The molecule has 1 amide bonds. The molecule has 1 aromatic carbocycles. The molecule has 0 saturated carbocycles. The fourth-order valence-corrected chi connectivity index (χ4v) is 2.58. The van der Waals surface area contributed by atoms with E-state index in [0.29, 0.717) is 5.76 Å². The SMILES string of the molecule is COc1ccc(NC(=O)C=Cc2ccc(C)o2)cc1S(N)(=O)=O. The predicted molar refractivity (Wildman–Crippen MR) is 85.5 cm³/mol. The topological polar surface area (TPSA) is 112 Å². The first-order valence-electron chi connectivity index (χ1n) is 6.56. The second kappa shape index (κ2) is 6.67. The van der Waals surface area contributed by atoms with Crippen LogP contribution in [0.1, 0.15) is 11.5 Å². The van der Waals surface area contributed by atoms with Gasteiger partial charge in [-0.05, 0) is 43.3 Å². The molecule has 0 radical (unpaired) electrons. The minimum Gasteiger partial charge on any atom is -0.495 e. The number of rotatable bonds is 5. The monoisotopic (exact) mass is 336 g/mol. The standard InChI is InChI=1S/C15H16N2O5S/c1-10-3-5-12(22-10)6-8-15(18)17-11-4-7-13(21-2)14(9-11)23(16,19)20/h3-9H,1-2H3,(H,17,18)(H2,16,19,20). The highest BCUT2D eigenvalue weighted by atomic mass is 32.2. The maximum Gasteiger partial charge on any atom is 0.248 e. The van der Waals surface area contributed by atoms with E-state index in [9.17, 15) is 13.2 Å². The molecular weight excluding hydrogens is 320 g/mol. The highest BCUT2D eigenvalue weighted by Gasteiger charge is 2.16. The number of nitrogens with two attached hydrogens (primary N) is 1. The lowest BCUT2D eigenvalue weighted by atomic mass is 10.3. The molecule has 0 fully saturated rings. The molecule has 0 aliphatic rings. The van der Waals surface area contributed by atoms with Crippen LogP contribution in [0.2, 0.25) is 0 Å². The molecule has 0 saturated heterocycles. The Morgan fingerprint density at radius 1 is 1.30 bits per heavy atom. The first-order valence-corrected chi connectivity index (χ1v) is 8.10. The van der Waals surface area contributed by atoms with E-state index in [1.807, 2.05) is 0 Å². The van der Waals surface area contributed by atoms with Gasteiger partial charge >= 0.3 is 0 Å². The van der Waals surface area contributed by atoms with Crippen molar-refractivity contribution < 1.29 is 22.4 Å². The van der Waals surface area contributed by atoms with E-state index in [-0.39, 0.29) is 16.3 Å². The van der Waals surface area contributed by atoms with Crippen LogP contribution in [-0.2, 0) is 14.8 Å². The minimum atomic E-state index is -3.97. The molecule has 0 unspecified atom stereocenters. The summed E-state index contributed by atoms with van der Waals surface area (Å²) < 4.78 is 33.3. The third-order valence-electron chi connectivity index (χ3n) is 2.90. The number of aryl methyl sites for hydroxylation is 1. The van der Waals surface area contributed by atoms with E-state index in [2.05, 4.69) is 5.32 Å². The third kappa shape index (κ3) is 4.44. The van der Waals surface area contributed by atoms with Gasteiger partial charge in [0, 0.05) is 11.8 Å². The van der Waals surface area contributed by atoms with Gasteiger partial charge in [0.15, 0.2) is 0 Å². The van der Waals surface area contributed by atoms with Crippen LogP contribution < -0.4 is 15.2 Å². The summed E-state index contributed by atoms with van der Waals surface area (Å²) in [7, 11) is -2.64. The second-order valence-corrected chi connectivity index (χ2v) is 6.21. The number of anilines is 1. The lowest BCUT2D eigenvalue weighted by Crippen LogP contribution is -2.15. The number of carbonyl (C=O) groups excluding carboxylic acids is 1. The number of amides is 1. The van der Waals surface area contributed by atoms with Gasteiger partial charge in [-0.25, -0.2) is 13.6 Å². The molecule has 122 valence electrons. The average Bonchev–Trinajstić information content (AvgIpc) is 2.90.